The largest absolute Gasteiger partial charge is 0.398 e. The molecule has 5 heteroatoms. The number of halogens is 1. The molecule has 0 spiro atoms. The molecule has 94 valence electrons. The SMILES string of the molecule is Nc1ccc(F)cc1-c1nncn1C1CCCC1. The highest BCUT2D eigenvalue weighted by atomic mass is 19.1. The molecule has 1 saturated carbocycles. The summed E-state index contributed by atoms with van der Waals surface area (Å²) in [6.07, 6.45) is 6.41. The lowest BCUT2D eigenvalue weighted by Gasteiger charge is -2.14. The Morgan fingerprint density at radius 3 is 2.83 bits per heavy atom. The fourth-order valence-corrected chi connectivity index (χ4v) is 2.61. The number of benzene rings is 1. The molecule has 1 aliphatic rings. The number of anilines is 1. The van der Waals surface area contributed by atoms with E-state index in [1.54, 1.807) is 12.4 Å². The minimum absolute atomic E-state index is 0.305. The van der Waals surface area contributed by atoms with Crippen LogP contribution in [0.15, 0.2) is 24.5 Å². The number of nitrogen functional groups attached to an aromatic ring is 1. The number of nitrogens with zero attached hydrogens (tertiary/aromatic N) is 3. The molecule has 1 aliphatic carbocycles. The van der Waals surface area contributed by atoms with Crippen molar-refractivity contribution in [1.82, 2.24) is 14.8 Å². The number of nitrogens with two attached hydrogens (primary N) is 1. The van der Waals surface area contributed by atoms with Crippen molar-refractivity contribution in [2.75, 3.05) is 5.73 Å². The highest BCUT2D eigenvalue weighted by Gasteiger charge is 2.21. The van der Waals surface area contributed by atoms with Crippen molar-refractivity contribution in [3.05, 3.63) is 30.3 Å². The molecule has 1 aromatic heterocycles. The maximum absolute atomic E-state index is 13.3. The molecule has 1 aromatic carbocycles. The van der Waals surface area contributed by atoms with Gasteiger partial charge in [0.15, 0.2) is 5.82 Å². The van der Waals surface area contributed by atoms with Crippen LogP contribution in [0.25, 0.3) is 11.4 Å². The van der Waals surface area contributed by atoms with Gasteiger partial charge in [-0.15, -0.1) is 10.2 Å². The minimum Gasteiger partial charge on any atom is -0.398 e. The first-order valence-corrected chi connectivity index (χ1v) is 6.20. The molecule has 18 heavy (non-hydrogen) atoms. The van der Waals surface area contributed by atoms with Crippen molar-refractivity contribution in [3.63, 3.8) is 0 Å². The van der Waals surface area contributed by atoms with Crippen molar-refractivity contribution in [1.29, 1.82) is 0 Å². The number of hydrogen-bond acceptors (Lipinski definition) is 3. The molecule has 0 atom stereocenters. The second-order valence-electron chi connectivity index (χ2n) is 4.73. The standard InChI is InChI=1S/C13H15FN4/c14-9-5-6-12(15)11(7-9)13-17-16-8-18(13)10-3-1-2-4-10/h5-8,10H,1-4,15H2. The quantitative estimate of drug-likeness (QED) is 0.829. The number of hydrogen-bond donors (Lipinski definition) is 1. The summed E-state index contributed by atoms with van der Waals surface area (Å²) >= 11 is 0. The van der Waals surface area contributed by atoms with Gasteiger partial charge in [-0.1, -0.05) is 12.8 Å². The Bertz CT molecular complexity index is 558. The third-order valence-electron chi connectivity index (χ3n) is 3.55. The normalized spacial score (nSPS) is 16.3. The van der Waals surface area contributed by atoms with Gasteiger partial charge in [0.1, 0.15) is 12.1 Å². The molecule has 0 amide bonds. The Morgan fingerprint density at radius 2 is 2.06 bits per heavy atom. The van der Waals surface area contributed by atoms with Gasteiger partial charge < -0.3 is 10.3 Å². The monoisotopic (exact) mass is 246 g/mol. The molecule has 1 fully saturated rings. The van der Waals surface area contributed by atoms with Crippen LogP contribution < -0.4 is 5.73 Å². The van der Waals surface area contributed by atoms with E-state index in [1.165, 1.54) is 25.0 Å². The van der Waals surface area contributed by atoms with Crippen LogP contribution in [0, 0.1) is 5.82 Å². The average Bonchev–Trinajstić information content (AvgIpc) is 3.00. The minimum atomic E-state index is -0.305. The van der Waals surface area contributed by atoms with E-state index < -0.39 is 0 Å². The summed E-state index contributed by atoms with van der Waals surface area (Å²) in [5, 5.41) is 8.05. The van der Waals surface area contributed by atoms with Gasteiger partial charge in [-0.2, -0.15) is 0 Å². The Hall–Kier alpha value is -1.91. The van der Waals surface area contributed by atoms with Crippen molar-refractivity contribution < 1.29 is 4.39 Å². The van der Waals surface area contributed by atoms with E-state index in [-0.39, 0.29) is 5.82 Å². The Labute approximate surface area is 105 Å². The molecule has 0 saturated heterocycles. The summed E-state index contributed by atoms with van der Waals surface area (Å²) in [4.78, 5) is 0. The zero-order chi connectivity index (χ0) is 12.5. The summed E-state index contributed by atoms with van der Waals surface area (Å²) in [7, 11) is 0. The second-order valence-corrected chi connectivity index (χ2v) is 4.73. The molecule has 1 heterocycles. The fraction of sp³-hybridized carbons (Fsp3) is 0.385. The molecule has 2 N–H and O–H groups in total. The zero-order valence-electron chi connectivity index (χ0n) is 10.0. The Balaban J connectivity index is 2.06. The van der Waals surface area contributed by atoms with Crippen LogP contribution in [-0.2, 0) is 0 Å². The first kappa shape index (κ1) is 11.2. The predicted octanol–water partition coefficient (Wildman–Crippen LogP) is 2.78. The van der Waals surface area contributed by atoms with Crippen LogP contribution in [0.1, 0.15) is 31.7 Å². The molecule has 2 aromatic rings. The average molecular weight is 246 g/mol. The van der Waals surface area contributed by atoms with Crippen LogP contribution in [0.2, 0.25) is 0 Å². The van der Waals surface area contributed by atoms with Crippen molar-refractivity contribution >= 4 is 5.69 Å². The summed E-state index contributed by atoms with van der Waals surface area (Å²) in [5.41, 5.74) is 7.06. The van der Waals surface area contributed by atoms with Gasteiger partial charge in [-0.05, 0) is 31.0 Å². The fourth-order valence-electron chi connectivity index (χ4n) is 2.61. The number of rotatable bonds is 2. The summed E-state index contributed by atoms with van der Waals surface area (Å²) in [5.74, 6) is 0.360. The van der Waals surface area contributed by atoms with Crippen LogP contribution in [-0.4, -0.2) is 14.8 Å². The van der Waals surface area contributed by atoms with Gasteiger partial charge in [-0.25, -0.2) is 4.39 Å². The van der Waals surface area contributed by atoms with Gasteiger partial charge in [0, 0.05) is 17.3 Å². The Morgan fingerprint density at radius 1 is 1.28 bits per heavy atom. The van der Waals surface area contributed by atoms with Gasteiger partial charge in [0.05, 0.1) is 0 Å². The maximum Gasteiger partial charge on any atom is 0.166 e. The van der Waals surface area contributed by atoms with Gasteiger partial charge >= 0.3 is 0 Å². The van der Waals surface area contributed by atoms with Gasteiger partial charge in [-0.3, -0.25) is 0 Å². The van der Waals surface area contributed by atoms with E-state index in [1.807, 2.05) is 4.57 Å². The predicted molar refractivity (Wildman–Crippen MR) is 67.3 cm³/mol. The molecule has 0 radical (unpaired) electrons. The molecular weight excluding hydrogens is 231 g/mol. The highest BCUT2D eigenvalue weighted by Crippen LogP contribution is 2.34. The van der Waals surface area contributed by atoms with Crippen molar-refractivity contribution in [3.8, 4) is 11.4 Å². The van der Waals surface area contributed by atoms with Crippen LogP contribution in [0.4, 0.5) is 10.1 Å². The molecule has 0 aliphatic heterocycles. The molecule has 0 bridgehead atoms. The topological polar surface area (TPSA) is 56.7 Å². The van der Waals surface area contributed by atoms with E-state index >= 15 is 0 Å². The lowest BCUT2D eigenvalue weighted by atomic mass is 10.1. The van der Waals surface area contributed by atoms with E-state index in [9.17, 15) is 4.39 Å². The van der Waals surface area contributed by atoms with E-state index in [4.69, 9.17) is 5.73 Å². The lowest BCUT2D eigenvalue weighted by molar-refractivity contribution is 0.521. The van der Waals surface area contributed by atoms with Gasteiger partial charge in [0.25, 0.3) is 0 Å². The maximum atomic E-state index is 13.3. The van der Waals surface area contributed by atoms with E-state index in [0.29, 0.717) is 23.1 Å². The molecular formula is C13H15FN4. The first-order valence-electron chi connectivity index (χ1n) is 6.20. The van der Waals surface area contributed by atoms with Crippen molar-refractivity contribution in [2.45, 2.75) is 31.7 Å². The van der Waals surface area contributed by atoms with Gasteiger partial charge in [0.2, 0.25) is 0 Å². The summed E-state index contributed by atoms with van der Waals surface area (Å²) < 4.78 is 15.4. The zero-order valence-corrected chi connectivity index (χ0v) is 10.0. The third kappa shape index (κ3) is 1.85. The van der Waals surface area contributed by atoms with Crippen molar-refractivity contribution in [2.24, 2.45) is 0 Å². The second kappa shape index (κ2) is 4.40. The molecule has 4 nitrogen and oxygen atoms in total. The Kier molecular flexibility index (Phi) is 2.74. The summed E-state index contributed by atoms with van der Waals surface area (Å²) in [6, 6.07) is 4.76. The highest BCUT2D eigenvalue weighted by molar-refractivity contribution is 5.71. The lowest BCUT2D eigenvalue weighted by Crippen LogP contribution is -2.06. The molecule has 0 unspecified atom stereocenters. The summed E-state index contributed by atoms with van der Waals surface area (Å²) in [6.45, 7) is 0. The first-order chi connectivity index (χ1) is 8.75. The smallest absolute Gasteiger partial charge is 0.166 e. The molecule has 3 rings (SSSR count). The van der Waals surface area contributed by atoms with E-state index in [2.05, 4.69) is 10.2 Å². The van der Waals surface area contributed by atoms with Crippen LogP contribution in [0.5, 0.6) is 0 Å². The van der Waals surface area contributed by atoms with Crippen LogP contribution in [0.3, 0.4) is 0 Å². The third-order valence-corrected chi connectivity index (χ3v) is 3.55. The van der Waals surface area contributed by atoms with Crippen LogP contribution >= 0.6 is 0 Å². The van der Waals surface area contributed by atoms with E-state index in [0.717, 1.165) is 12.8 Å². The number of aromatic nitrogens is 3.